The zero-order valence-corrected chi connectivity index (χ0v) is 39.3. The summed E-state index contributed by atoms with van der Waals surface area (Å²) in [4.78, 5) is 13.9. The van der Waals surface area contributed by atoms with Crippen LogP contribution >= 0.6 is 0 Å². The van der Waals surface area contributed by atoms with Crippen LogP contribution in [0.15, 0.2) is 170 Å². The van der Waals surface area contributed by atoms with Gasteiger partial charge in [-0.05, 0) is 100 Å². The van der Waals surface area contributed by atoms with E-state index in [1.54, 1.807) is 60.7 Å². The van der Waals surface area contributed by atoms with Crippen molar-refractivity contribution in [1.82, 2.24) is 19.5 Å². The summed E-state index contributed by atoms with van der Waals surface area (Å²) in [5.41, 5.74) is -13.5. The zero-order chi connectivity index (χ0) is 56.8. The molecule has 0 atom stereocenters. The molecule has 10 aromatic rings. The van der Waals surface area contributed by atoms with Crippen molar-refractivity contribution in [2.24, 2.45) is 0 Å². The molecule has 0 N–H and O–H groups in total. The van der Waals surface area contributed by atoms with Crippen LogP contribution in [0.3, 0.4) is 0 Å². The largest absolute Gasteiger partial charge is 0.417 e. The monoisotopic (exact) mass is 1110 g/mol. The average Bonchev–Trinajstić information content (AvgIpc) is 3.99. The number of hydrogen-bond acceptors (Lipinski definition) is 3. The highest BCUT2D eigenvalue weighted by Gasteiger charge is 2.41. The number of nitrogens with zero attached hydrogens (tertiary/aromatic N) is 4. The smallest absolute Gasteiger partial charge is 0.309 e. The van der Waals surface area contributed by atoms with Gasteiger partial charge >= 0.3 is 37.1 Å². The maximum atomic E-state index is 14.7. The Kier molecular flexibility index (Phi) is 12.9. The second-order valence-electron chi connectivity index (χ2n) is 17.9. The molecule has 22 heteroatoms. The second kappa shape index (κ2) is 19.0. The highest BCUT2D eigenvalue weighted by molar-refractivity contribution is 6.11. The molecule has 10 rings (SSSR count). The molecule has 0 aliphatic heterocycles. The molecule has 79 heavy (non-hydrogen) atoms. The lowest BCUT2D eigenvalue weighted by molar-refractivity contribution is -0.144. The van der Waals surface area contributed by atoms with Crippen molar-refractivity contribution in [3.05, 3.63) is 203 Å². The van der Waals surface area contributed by atoms with E-state index in [4.69, 9.17) is 0 Å². The quantitative estimate of drug-likeness (QED) is 0.149. The van der Waals surface area contributed by atoms with Crippen LogP contribution < -0.4 is 0 Å². The third-order valence-electron chi connectivity index (χ3n) is 12.8. The first-order chi connectivity index (χ1) is 36.9. The predicted molar refractivity (Wildman–Crippen MR) is 257 cm³/mol. The van der Waals surface area contributed by atoms with E-state index in [1.807, 2.05) is 0 Å². The average molecular weight is 1110 g/mol. The van der Waals surface area contributed by atoms with Gasteiger partial charge < -0.3 is 4.57 Å². The maximum absolute atomic E-state index is 14.7. The van der Waals surface area contributed by atoms with Gasteiger partial charge in [-0.1, -0.05) is 103 Å². The van der Waals surface area contributed by atoms with E-state index in [1.165, 1.54) is 22.8 Å². The molecule has 0 aliphatic carbocycles. The van der Waals surface area contributed by atoms with E-state index in [2.05, 4.69) is 15.0 Å². The summed E-state index contributed by atoms with van der Waals surface area (Å²) < 4.78 is 260. The molecule has 0 amide bonds. The van der Waals surface area contributed by atoms with E-state index in [9.17, 15) is 79.0 Å². The van der Waals surface area contributed by atoms with Crippen molar-refractivity contribution in [1.29, 1.82) is 0 Å². The maximum Gasteiger partial charge on any atom is 0.417 e. The third kappa shape index (κ3) is 10.6. The first-order valence-corrected chi connectivity index (χ1v) is 22.9. The van der Waals surface area contributed by atoms with Crippen molar-refractivity contribution in [2.45, 2.75) is 37.1 Å². The van der Waals surface area contributed by atoms with Crippen LogP contribution in [0.5, 0.6) is 0 Å². The van der Waals surface area contributed by atoms with Crippen LogP contribution in [0.4, 0.5) is 79.0 Å². The Balaban J connectivity index is 1.33. The Morgan fingerprint density at radius 1 is 0.266 bits per heavy atom. The van der Waals surface area contributed by atoms with E-state index in [0.29, 0.717) is 47.5 Å². The molecule has 0 unspecified atom stereocenters. The fourth-order valence-electron chi connectivity index (χ4n) is 9.19. The Morgan fingerprint density at radius 3 is 1.05 bits per heavy atom. The highest BCUT2D eigenvalue weighted by Crippen LogP contribution is 2.47. The van der Waals surface area contributed by atoms with Gasteiger partial charge in [0.15, 0.2) is 17.5 Å². The summed E-state index contributed by atoms with van der Waals surface area (Å²) >= 11 is 0. The second-order valence-corrected chi connectivity index (χ2v) is 17.9. The molecule has 0 aliphatic rings. The molecular weight excluding hydrogens is 1080 g/mol. The van der Waals surface area contributed by atoms with Crippen LogP contribution in [0, 0.1) is 0 Å². The summed E-state index contributed by atoms with van der Waals surface area (Å²) in [6.07, 6.45) is -31.9. The minimum absolute atomic E-state index is 0.0546. The van der Waals surface area contributed by atoms with Gasteiger partial charge in [0.25, 0.3) is 0 Å². The number of hydrogen-bond donors (Lipinski definition) is 0. The number of halogens is 18. The SMILES string of the molecule is FC(F)(F)c1cc(-c2ccc(-n3c4cc(-c5ccc(C(F)(F)F)cc5C(F)(F)F)ccc4c4ccc(-c5ccc(C(F)(F)F)cc5C(F)(F)F)cc43)cc2-c2nc(-c3ccccc3)nc(-c3ccccc3)n2)cc(C(F)(F)F)c1. The lowest BCUT2D eigenvalue weighted by Crippen LogP contribution is -2.12. The van der Waals surface area contributed by atoms with Crippen molar-refractivity contribution in [3.8, 4) is 73.2 Å². The number of alkyl halides is 18. The van der Waals surface area contributed by atoms with E-state index >= 15 is 0 Å². The molecule has 2 aromatic heterocycles. The zero-order valence-electron chi connectivity index (χ0n) is 39.3. The fourth-order valence-corrected chi connectivity index (χ4v) is 9.19. The van der Waals surface area contributed by atoms with Crippen molar-refractivity contribution in [3.63, 3.8) is 0 Å². The summed E-state index contributed by atoms with van der Waals surface area (Å²) in [7, 11) is 0. The number of rotatable bonds is 7. The van der Waals surface area contributed by atoms with Crippen LogP contribution in [-0.4, -0.2) is 19.5 Å². The van der Waals surface area contributed by atoms with E-state index in [0.717, 1.165) is 36.4 Å². The molecule has 0 saturated heterocycles. The summed E-state index contributed by atoms with van der Waals surface area (Å²) in [6, 6.07) is 29.0. The molecule has 2 heterocycles. The molecule has 4 nitrogen and oxygen atoms in total. The van der Waals surface area contributed by atoms with Gasteiger partial charge in [-0.25, -0.2) is 15.0 Å². The fraction of sp³-hybridized carbons (Fsp3) is 0.105. The highest BCUT2D eigenvalue weighted by atomic mass is 19.4. The van der Waals surface area contributed by atoms with Crippen LogP contribution in [0.2, 0.25) is 0 Å². The van der Waals surface area contributed by atoms with Gasteiger partial charge in [0.2, 0.25) is 0 Å². The van der Waals surface area contributed by atoms with Crippen LogP contribution in [0.25, 0.3) is 95.0 Å². The molecule has 0 spiro atoms. The van der Waals surface area contributed by atoms with Crippen molar-refractivity contribution in [2.75, 3.05) is 0 Å². The van der Waals surface area contributed by atoms with Crippen molar-refractivity contribution < 1.29 is 79.0 Å². The molecular formula is C57H28F18N4. The summed E-state index contributed by atoms with van der Waals surface area (Å²) in [5, 5.41) is 0.232. The lowest BCUT2D eigenvalue weighted by Gasteiger charge is -2.19. The van der Waals surface area contributed by atoms with Crippen molar-refractivity contribution >= 4 is 21.8 Å². The minimum Gasteiger partial charge on any atom is -0.309 e. The number of fused-ring (bicyclic) bond motifs is 3. The van der Waals surface area contributed by atoms with Gasteiger partial charge in [-0.2, -0.15) is 79.0 Å². The van der Waals surface area contributed by atoms with E-state index in [-0.39, 0.29) is 85.4 Å². The third-order valence-corrected chi connectivity index (χ3v) is 12.8. The molecule has 0 fully saturated rings. The molecule has 402 valence electrons. The van der Waals surface area contributed by atoms with Crippen LogP contribution in [-0.2, 0) is 37.1 Å². The predicted octanol–water partition coefficient (Wildman–Crippen LogP) is 19.1. The molecule has 0 bridgehead atoms. The number of aromatic nitrogens is 4. The summed E-state index contributed by atoms with van der Waals surface area (Å²) in [5.74, 6) is -0.487. The number of benzene rings is 8. The first-order valence-electron chi connectivity index (χ1n) is 22.9. The first kappa shape index (κ1) is 53.7. The summed E-state index contributed by atoms with van der Waals surface area (Å²) in [6.45, 7) is 0. The normalized spacial score (nSPS) is 12.9. The minimum atomic E-state index is -5.40. The van der Waals surface area contributed by atoms with Gasteiger partial charge in [0, 0.05) is 33.2 Å². The van der Waals surface area contributed by atoms with Crippen LogP contribution in [0.1, 0.15) is 33.4 Å². The molecule has 0 radical (unpaired) electrons. The Labute approximate surface area is 432 Å². The van der Waals surface area contributed by atoms with Gasteiger partial charge in [-0.15, -0.1) is 0 Å². The standard InChI is InChI=1S/C57H28F18N4/c58-52(59,60)34-13-18-40(45(26-34)56(70,71)72)31-11-16-42-43-17-12-32(41-19-14-35(53(61,62)63)27-46(41)57(73,74)75)24-48(43)79(47(42)23-31)38-15-20-39(33-21-36(54(64,65)66)25-37(22-33)55(67,68)69)44(28-38)51-77-49(29-7-3-1-4-8-29)76-50(78-51)30-9-5-2-6-10-30/h1-28H. The topological polar surface area (TPSA) is 43.6 Å². The molecule has 0 saturated carbocycles. The van der Waals surface area contributed by atoms with Gasteiger partial charge in [0.1, 0.15) is 0 Å². The molecule has 8 aromatic carbocycles. The van der Waals surface area contributed by atoms with Gasteiger partial charge in [0.05, 0.1) is 44.4 Å². The Hall–Kier alpha value is -8.69. The Morgan fingerprint density at radius 2 is 0.658 bits per heavy atom. The van der Waals surface area contributed by atoms with E-state index < -0.39 is 87.1 Å². The van der Waals surface area contributed by atoms with Gasteiger partial charge in [-0.3, -0.25) is 0 Å². The lowest BCUT2D eigenvalue weighted by atomic mass is 9.94. The Bertz CT molecular complexity index is 3760.